The molecule has 0 saturated carbocycles. The van der Waals surface area contributed by atoms with Crippen LogP contribution in [-0.4, -0.2) is 0 Å². The summed E-state index contributed by atoms with van der Waals surface area (Å²) in [4.78, 5) is 0. The van der Waals surface area contributed by atoms with E-state index in [1.54, 1.807) is 6.07 Å². The molecule has 0 aromatic heterocycles. The van der Waals surface area contributed by atoms with Crippen molar-refractivity contribution in [2.24, 2.45) is 0 Å². The summed E-state index contributed by atoms with van der Waals surface area (Å²) in [6, 6.07) is 2.66. The summed E-state index contributed by atoms with van der Waals surface area (Å²) < 4.78 is 27.3. The van der Waals surface area contributed by atoms with Crippen molar-refractivity contribution in [2.75, 3.05) is 0 Å². The van der Waals surface area contributed by atoms with Gasteiger partial charge in [0.05, 0.1) is 0 Å². The molecule has 0 N–H and O–H groups in total. The smallest absolute Gasteiger partial charge is 0.129 e. The van der Waals surface area contributed by atoms with E-state index in [1.807, 2.05) is 41.5 Å². The molecule has 0 aliphatic heterocycles. The molecule has 0 aliphatic rings. The van der Waals surface area contributed by atoms with Crippen LogP contribution < -0.4 is 0 Å². The lowest BCUT2D eigenvalue weighted by atomic mass is 9.80. The van der Waals surface area contributed by atoms with Crippen LogP contribution in [0.4, 0.5) is 8.78 Å². The van der Waals surface area contributed by atoms with E-state index < -0.39 is 11.6 Å². The van der Waals surface area contributed by atoms with Gasteiger partial charge in [-0.25, -0.2) is 8.78 Å². The third-order valence-corrected chi connectivity index (χ3v) is 2.67. The van der Waals surface area contributed by atoms with Crippen LogP contribution in [0.1, 0.15) is 52.7 Å². The van der Waals surface area contributed by atoms with Crippen molar-refractivity contribution in [2.45, 2.75) is 52.4 Å². The topological polar surface area (TPSA) is 0 Å². The maximum atomic E-state index is 13.7. The first kappa shape index (κ1) is 13.1. The Labute approximate surface area is 96.7 Å². The van der Waals surface area contributed by atoms with E-state index in [2.05, 4.69) is 0 Å². The second-order valence-electron chi connectivity index (χ2n) is 6.31. The van der Waals surface area contributed by atoms with Crippen LogP contribution >= 0.6 is 0 Å². The molecule has 0 radical (unpaired) electrons. The maximum absolute atomic E-state index is 13.7. The lowest BCUT2D eigenvalue weighted by molar-refractivity contribution is 0.483. The number of hydrogen-bond donors (Lipinski definition) is 0. The second-order valence-corrected chi connectivity index (χ2v) is 6.31. The molecule has 0 aliphatic carbocycles. The minimum Gasteiger partial charge on any atom is -0.207 e. The normalized spacial score (nSPS) is 13.0. The van der Waals surface area contributed by atoms with Crippen molar-refractivity contribution in [1.82, 2.24) is 0 Å². The molecule has 1 rings (SSSR count). The first-order chi connectivity index (χ1) is 7.03. The highest BCUT2D eigenvalue weighted by atomic mass is 19.1. The van der Waals surface area contributed by atoms with Crippen LogP contribution in [0.3, 0.4) is 0 Å². The van der Waals surface area contributed by atoms with Gasteiger partial charge in [-0.05, 0) is 28.0 Å². The first-order valence-corrected chi connectivity index (χ1v) is 5.53. The highest BCUT2D eigenvalue weighted by molar-refractivity contribution is 5.34. The van der Waals surface area contributed by atoms with Gasteiger partial charge in [0.25, 0.3) is 0 Å². The van der Waals surface area contributed by atoms with Gasteiger partial charge in [0, 0.05) is 6.07 Å². The van der Waals surface area contributed by atoms with Crippen LogP contribution in [0.2, 0.25) is 0 Å². The average molecular weight is 226 g/mol. The molecule has 0 atom stereocenters. The molecule has 1 aromatic carbocycles. The summed E-state index contributed by atoms with van der Waals surface area (Å²) in [5.41, 5.74) is 0.521. The lowest BCUT2D eigenvalue weighted by Gasteiger charge is -2.25. The van der Waals surface area contributed by atoms with Gasteiger partial charge in [0.1, 0.15) is 11.6 Å². The largest absolute Gasteiger partial charge is 0.207 e. The molecule has 2 heteroatoms. The van der Waals surface area contributed by atoms with Crippen molar-refractivity contribution in [3.8, 4) is 0 Å². The molecule has 0 amide bonds. The molecular formula is C14H20F2. The number of rotatable bonds is 0. The van der Waals surface area contributed by atoms with Gasteiger partial charge in [-0.2, -0.15) is 0 Å². The molecule has 16 heavy (non-hydrogen) atoms. The second kappa shape index (κ2) is 3.83. The summed E-state index contributed by atoms with van der Waals surface area (Å²) >= 11 is 0. The summed E-state index contributed by atoms with van der Waals surface area (Å²) in [6.45, 7) is 11.6. The summed E-state index contributed by atoms with van der Waals surface area (Å²) in [5, 5.41) is 0. The molecular weight excluding hydrogens is 206 g/mol. The van der Waals surface area contributed by atoms with Gasteiger partial charge >= 0.3 is 0 Å². The van der Waals surface area contributed by atoms with E-state index in [4.69, 9.17) is 0 Å². The Morgan fingerprint density at radius 1 is 0.688 bits per heavy atom. The predicted octanol–water partition coefficient (Wildman–Crippen LogP) is 4.56. The Hall–Kier alpha value is -0.920. The predicted molar refractivity (Wildman–Crippen MR) is 63.8 cm³/mol. The highest BCUT2D eigenvalue weighted by Gasteiger charge is 2.25. The zero-order chi connectivity index (χ0) is 12.7. The van der Waals surface area contributed by atoms with Crippen LogP contribution in [0.15, 0.2) is 12.1 Å². The van der Waals surface area contributed by atoms with Gasteiger partial charge < -0.3 is 0 Å². The molecule has 0 fully saturated rings. The Bertz CT molecular complexity index is 357. The molecule has 0 spiro atoms. The maximum Gasteiger partial charge on any atom is 0.129 e. The molecule has 1 aromatic rings. The van der Waals surface area contributed by atoms with Gasteiger partial charge in [0.15, 0.2) is 0 Å². The van der Waals surface area contributed by atoms with Gasteiger partial charge in [-0.15, -0.1) is 0 Å². The molecule has 0 nitrogen and oxygen atoms in total. The van der Waals surface area contributed by atoms with E-state index in [0.29, 0.717) is 11.1 Å². The zero-order valence-corrected chi connectivity index (χ0v) is 10.9. The van der Waals surface area contributed by atoms with Gasteiger partial charge in [-0.1, -0.05) is 41.5 Å². The highest BCUT2D eigenvalue weighted by Crippen LogP contribution is 2.32. The molecule has 0 unspecified atom stereocenters. The van der Waals surface area contributed by atoms with Crippen LogP contribution in [0.5, 0.6) is 0 Å². The Kier molecular flexibility index (Phi) is 3.15. The monoisotopic (exact) mass is 226 g/mol. The fourth-order valence-corrected chi connectivity index (χ4v) is 1.70. The third-order valence-electron chi connectivity index (χ3n) is 2.67. The van der Waals surface area contributed by atoms with E-state index in [9.17, 15) is 8.78 Å². The Morgan fingerprint density at radius 2 is 1.00 bits per heavy atom. The minimum atomic E-state index is -0.460. The Balaban J connectivity index is 3.45. The quantitative estimate of drug-likeness (QED) is 0.608. The molecule has 90 valence electrons. The number of halogens is 2. The molecule has 0 heterocycles. The van der Waals surface area contributed by atoms with Crippen molar-refractivity contribution >= 4 is 0 Å². The Morgan fingerprint density at radius 3 is 1.25 bits per heavy atom. The average Bonchev–Trinajstić information content (AvgIpc) is 1.97. The molecule has 0 saturated heterocycles. The van der Waals surface area contributed by atoms with Crippen molar-refractivity contribution in [3.63, 3.8) is 0 Å². The van der Waals surface area contributed by atoms with Crippen LogP contribution in [0.25, 0.3) is 0 Å². The SMILES string of the molecule is CC(C)(C)c1cc(C(C)(C)C)c(F)cc1F. The van der Waals surface area contributed by atoms with Gasteiger partial charge in [-0.3, -0.25) is 0 Å². The fourth-order valence-electron chi connectivity index (χ4n) is 1.70. The zero-order valence-electron chi connectivity index (χ0n) is 10.9. The number of hydrogen-bond acceptors (Lipinski definition) is 0. The standard InChI is InChI=1S/C14H20F2/c1-13(2,3)9-7-10(14(4,5)6)12(16)8-11(9)15/h7-8H,1-6H3. The lowest BCUT2D eigenvalue weighted by Crippen LogP contribution is -2.19. The van der Waals surface area contributed by atoms with Crippen molar-refractivity contribution in [1.29, 1.82) is 0 Å². The van der Waals surface area contributed by atoms with Crippen LogP contribution in [0, 0.1) is 11.6 Å². The summed E-state index contributed by atoms with van der Waals surface area (Å²) in [5.74, 6) is -0.920. The summed E-state index contributed by atoms with van der Waals surface area (Å²) in [6.07, 6.45) is 0. The first-order valence-electron chi connectivity index (χ1n) is 5.53. The molecule has 0 bridgehead atoms. The van der Waals surface area contributed by atoms with Crippen molar-refractivity contribution < 1.29 is 8.78 Å². The van der Waals surface area contributed by atoms with E-state index in [1.165, 1.54) is 0 Å². The number of benzene rings is 1. The summed E-state index contributed by atoms with van der Waals surface area (Å²) in [7, 11) is 0. The van der Waals surface area contributed by atoms with Crippen molar-refractivity contribution in [3.05, 3.63) is 34.9 Å². The van der Waals surface area contributed by atoms with E-state index >= 15 is 0 Å². The van der Waals surface area contributed by atoms with E-state index in [-0.39, 0.29) is 10.8 Å². The van der Waals surface area contributed by atoms with Gasteiger partial charge in [0.2, 0.25) is 0 Å². The fraction of sp³-hybridized carbons (Fsp3) is 0.571. The van der Waals surface area contributed by atoms with Crippen LogP contribution in [-0.2, 0) is 10.8 Å². The minimum absolute atomic E-state index is 0.308. The third kappa shape index (κ3) is 2.60. The van der Waals surface area contributed by atoms with E-state index in [0.717, 1.165) is 6.07 Å².